The minimum atomic E-state index is 0.103. The fraction of sp³-hybridized carbons (Fsp3) is 0.400. The first-order valence-electron chi connectivity index (χ1n) is 6.79. The Bertz CT molecular complexity index is 518. The summed E-state index contributed by atoms with van der Waals surface area (Å²) in [6, 6.07) is 8.35. The van der Waals surface area contributed by atoms with Crippen LogP contribution in [-0.2, 0) is 6.54 Å². The number of nitrogens with zero attached hydrogens (tertiary/aromatic N) is 2. The highest BCUT2D eigenvalue weighted by Gasteiger charge is 2.12. The molecule has 2 aromatic rings. The Morgan fingerprint density at radius 2 is 2.16 bits per heavy atom. The van der Waals surface area contributed by atoms with E-state index in [-0.39, 0.29) is 6.04 Å². The van der Waals surface area contributed by atoms with Crippen LogP contribution in [0, 0.1) is 6.92 Å². The summed E-state index contributed by atoms with van der Waals surface area (Å²) in [6.07, 6.45) is 5.06. The van der Waals surface area contributed by atoms with E-state index in [2.05, 4.69) is 42.6 Å². The van der Waals surface area contributed by atoms with Crippen molar-refractivity contribution in [2.45, 2.75) is 32.9 Å². The van der Waals surface area contributed by atoms with Crippen molar-refractivity contribution in [1.29, 1.82) is 0 Å². The SMILES string of the molecule is CCCn1cc(C(CN)Nc2ccccc2C)cn1. The molecule has 0 aliphatic carbocycles. The lowest BCUT2D eigenvalue weighted by atomic mass is 10.1. The van der Waals surface area contributed by atoms with Crippen molar-refractivity contribution in [2.24, 2.45) is 5.73 Å². The molecule has 0 radical (unpaired) electrons. The zero-order chi connectivity index (χ0) is 13.7. The van der Waals surface area contributed by atoms with Gasteiger partial charge in [-0.15, -0.1) is 0 Å². The van der Waals surface area contributed by atoms with Gasteiger partial charge in [0.15, 0.2) is 0 Å². The van der Waals surface area contributed by atoms with Gasteiger partial charge in [0.2, 0.25) is 0 Å². The molecule has 0 amide bonds. The molecule has 4 nitrogen and oxygen atoms in total. The molecule has 1 aromatic heterocycles. The normalized spacial score (nSPS) is 12.4. The molecule has 1 aromatic carbocycles. The zero-order valence-corrected chi connectivity index (χ0v) is 11.6. The van der Waals surface area contributed by atoms with Crippen LogP contribution in [0.4, 0.5) is 5.69 Å². The number of hydrogen-bond acceptors (Lipinski definition) is 3. The van der Waals surface area contributed by atoms with Gasteiger partial charge in [0.25, 0.3) is 0 Å². The molecule has 1 unspecified atom stereocenters. The van der Waals surface area contributed by atoms with Crippen molar-refractivity contribution in [3.63, 3.8) is 0 Å². The Morgan fingerprint density at radius 3 is 2.84 bits per heavy atom. The van der Waals surface area contributed by atoms with Gasteiger partial charge in [-0.3, -0.25) is 4.68 Å². The van der Waals surface area contributed by atoms with Crippen LogP contribution in [0.1, 0.15) is 30.5 Å². The molecular formula is C15H22N4. The van der Waals surface area contributed by atoms with Gasteiger partial charge < -0.3 is 11.1 Å². The maximum Gasteiger partial charge on any atom is 0.0667 e. The van der Waals surface area contributed by atoms with Crippen molar-refractivity contribution in [3.8, 4) is 0 Å². The lowest BCUT2D eigenvalue weighted by molar-refractivity contribution is 0.601. The van der Waals surface area contributed by atoms with Crippen LogP contribution in [-0.4, -0.2) is 16.3 Å². The first kappa shape index (κ1) is 13.6. The van der Waals surface area contributed by atoms with E-state index in [1.165, 1.54) is 5.56 Å². The fourth-order valence-electron chi connectivity index (χ4n) is 2.11. The molecule has 0 saturated heterocycles. The first-order chi connectivity index (χ1) is 9.24. The first-order valence-corrected chi connectivity index (χ1v) is 6.79. The molecule has 19 heavy (non-hydrogen) atoms. The maximum atomic E-state index is 5.89. The minimum Gasteiger partial charge on any atom is -0.377 e. The van der Waals surface area contributed by atoms with Gasteiger partial charge in [-0.1, -0.05) is 25.1 Å². The number of aryl methyl sites for hydroxylation is 2. The van der Waals surface area contributed by atoms with Gasteiger partial charge in [0.1, 0.15) is 0 Å². The molecule has 4 heteroatoms. The van der Waals surface area contributed by atoms with Crippen molar-refractivity contribution >= 4 is 5.69 Å². The van der Waals surface area contributed by atoms with E-state index >= 15 is 0 Å². The van der Waals surface area contributed by atoms with Crippen LogP contribution in [0.25, 0.3) is 0 Å². The Labute approximate surface area is 114 Å². The van der Waals surface area contributed by atoms with Crippen LogP contribution in [0.15, 0.2) is 36.7 Å². The summed E-state index contributed by atoms with van der Waals surface area (Å²) in [4.78, 5) is 0. The van der Waals surface area contributed by atoms with Gasteiger partial charge in [0.05, 0.1) is 12.2 Å². The third kappa shape index (κ3) is 3.35. The number of aromatic nitrogens is 2. The van der Waals surface area contributed by atoms with Crippen LogP contribution >= 0.6 is 0 Å². The predicted molar refractivity (Wildman–Crippen MR) is 79.1 cm³/mol. The number of para-hydroxylation sites is 1. The Kier molecular flexibility index (Phi) is 4.58. The molecule has 3 N–H and O–H groups in total. The highest BCUT2D eigenvalue weighted by atomic mass is 15.3. The summed E-state index contributed by atoms with van der Waals surface area (Å²) in [5.41, 5.74) is 9.37. The second kappa shape index (κ2) is 6.38. The molecule has 0 bridgehead atoms. The van der Waals surface area contributed by atoms with E-state index in [4.69, 9.17) is 5.73 Å². The number of benzene rings is 1. The van der Waals surface area contributed by atoms with Gasteiger partial charge in [-0.05, 0) is 25.0 Å². The number of rotatable bonds is 6. The Morgan fingerprint density at radius 1 is 1.37 bits per heavy atom. The number of hydrogen-bond donors (Lipinski definition) is 2. The van der Waals surface area contributed by atoms with Crippen molar-refractivity contribution < 1.29 is 0 Å². The van der Waals surface area contributed by atoms with Gasteiger partial charge in [0, 0.05) is 30.5 Å². The van der Waals surface area contributed by atoms with Crippen molar-refractivity contribution in [1.82, 2.24) is 9.78 Å². The lowest BCUT2D eigenvalue weighted by Gasteiger charge is -2.18. The number of nitrogens with one attached hydrogen (secondary N) is 1. The third-order valence-corrected chi connectivity index (χ3v) is 3.22. The molecule has 102 valence electrons. The topological polar surface area (TPSA) is 55.9 Å². The molecule has 1 atom stereocenters. The second-order valence-electron chi connectivity index (χ2n) is 4.78. The fourth-order valence-corrected chi connectivity index (χ4v) is 2.11. The average molecular weight is 258 g/mol. The molecule has 0 aliphatic heterocycles. The molecule has 0 saturated carbocycles. The van der Waals surface area contributed by atoms with Gasteiger partial charge >= 0.3 is 0 Å². The quantitative estimate of drug-likeness (QED) is 0.837. The molecular weight excluding hydrogens is 236 g/mol. The maximum absolute atomic E-state index is 5.89. The number of anilines is 1. The Balaban J connectivity index is 2.13. The van der Waals surface area contributed by atoms with E-state index in [1.54, 1.807) is 0 Å². The van der Waals surface area contributed by atoms with Gasteiger partial charge in [-0.2, -0.15) is 5.10 Å². The predicted octanol–water partition coefficient (Wildman–Crippen LogP) is 2.71. The molecule has 0 spiro atoms. The minimum absolute atomic E-state index is 0.103. The van der Waals surface area contributed by atoms with Gasteiger partial charge in [-0.25, -0.2) is 0 Å². The van der Waals surface area contributed by atoms with E-state index in [9.17, 15) is 0 Å². The smallest absolute Gasteiger partial charge is 0.0667 e. The van der Waals surface area contributed by atoms with E-state index in [1.807, 2.05) is 23.0 Å². The van der Waals surface area contributed by atoms with Crippen LogP contribution in [0.3, 0.4) is 0 Å². The zero-order valence-electron chi connectivity index (χ0n) is 11.6. The molecule has 0 fully saturated rings. The van der Waals surface area contributed by atoms with Crippen molar-refractivity contribution in [3.05, 3.63) is 47.8 Å². The second-order valence-corrected chi connectivity index (χ2v) is 4.78. The largest absolute Gasteiger partial charge is 0.377 e. The summed E-state index contributed by atoms with van der Waals surface area (Å²) < 4.78 is 1.97. The Hall–Kier alpha value is -1.81. The lowest BCUT2D eigenvalue weighted by Crippen LogP contribution is -2.20. The van der Waals surface area contributed by atoms with Crippen LogP contribution in [0.5, 0.6) is 0 Å². The number of nitrogens with two attached hydrogens (primary N) is 1. The van der Waals surface area contributed by atoms with Crippen molar-refractivity contribution in [2.75, 3.05) is 11.9 Å². The molecule has 2 rings (SSSR count). The standard InChI is InChI=1S/C15H22N4/c1-3-8-19-11-13(10-17-19)15(9-16)18-14-7-5-4-6-12(14)2/h4-7,10-11,15,18H,3,8-9,16H2,1-2H3. The summed E-state index contributed by atoms with van der Waals surface area (Å²) in [6.45, 7) is 5.73. The summed E-state index contributed by atoms with van der Waals surface area (Å²) >= 11 is 0. The summed E-state index contributed by atoms with van der Waals surface area (Å²) in [5, 5.41) is 7.85. The van der Waals surface area contributed by atoms with Crippen LogP contribution < -0.4 is 11.1 Å². The highest BCUT2D eigenvalue weighted by Crippen LogP contribution is 2.21. The summed E-state index contributed by atoms with van der Waals surface area (Å²) in [7, 11) is 0. The summed E-state index contributed by atoms with van der Waals surface area (Å²) in [5.74, 6) is 0. The average Bonchev–Trinajstić information content (AvgIpc) is 2.87. The molecule has 1 heterocycles. The van der Waals surface area contributed by atoms with E-state index < -0.39 is 0 Å². The monoisotopic (exact) mass is 258 g/mol. The third-order valence-electron chi connectivity index (χ3n) is 3.22. The van der Waals surface area contributed by atoms with Crippen LogP contribution in [0.2, 0.25) is 0 Å². The molecule has 0 aliphatic rings. The van der Waals surface area contributed by atoms with E-state index in [0.717, 1.165) is 24.2 Å². The highest BCUT2D eigenvalue weighted by molar-refractivity contribution is 5.51. The van der Waals surface area contributed by atoms with E-state index in [0.29, 0.717) is 6.54 Å².